The first-order valence-corrected chi connectivity index (χ1v) is 7.20. The first kappa shape index (κ1) is 12.5. The summed E-state index contributed by atoms with van der Waals surface area (Å²) in [5.74, 6) is 0.254. The summed E-state index contributed by atoms with van der Waals surface area (Å²) in [5.41, 5.74) is 0.642. The van der Waals surface area contributed by atoms with Crippen LogP contribution in [0.4, 0.5) is 0 Å². The number of benzene rings is 1. The second-order valence-corrected chi connectivity index (χ2v) is 5.79. The minimum atomic E-state index is -0.0861. The standard InChI is InChI=1S/C15H11ClO2S/c1-2-9-6-7-14(19-9)15(17)13-8-10-11(16)4-3-5-12(10)18-13/h3-8H,2H2,1H3. The predicted molar refractivity (Wildman–Crippen MR) is 78.4 cm³/mol. The van der Waals surface area contributed by atoms with Crippen molar-refractivity contribution in [2.24, 2.45) is 0 Å². The molecule has 0 bridgehead atoms. The molecule has 0 atom stereocenters. The highest BCUT2D eigenvalue weighted by atomic mass is 35.5. The fraction of sp³-hybridized carbons (Fsp3) is 0.133. The van der Waals surface area contributed by atoms with Crippen molar-refractivity contribution in [3.63, 3.8) is 0 Å². The van der Waals surface area contributed by atoms with Gasteiger partial charge in [-0.15, -0.1) is 11.3 Å². The summed E-state index contributed by atoms with van der Waals surface area (Å²) >= 11 is 7.59. The molecule has 0 radical (unpaired) electrons. The molecule has 0 aliphatic heterocycles. The smallest absolute Gasteiger partial charge is 0.238 e. The number of ketones is 1. The summed E-state index contributed by atoms with van der Waals surface area (Å²) < 4.78 is 5.58. The molecule has 0 saturated carbocycles. The van der Waals surface area contributed by atoms with Crippen LogP contribution in [0.2, 0.25) is 5.02 Å². The van der Waals surface area contributed by atoms with Gasteiger partial charge in [0, 0.05) is 10.3 Å². The van der Waals surface area contributed by atoms with Gasteiger partial charge in [0.05, 0.1) is 9.90 Å². The highest BCUT2D eigenvalue weighted by Gasteiger charge is 2.17. The topological polar surface area (TPSA) is 30.2 Å². The minimum absolute atomic E-state index is 0.0861. The molecule has 4 heteroatoms. The van der Waals surface area contributed by atoms with E-state index in [0.717, 1.165) is 11.8 Å². The molecule has 0 N–H and O–H groups in total. The summed E-state index contributed by atoms with van der Waals surface area (Å²) in [6, 6.07) is 10.9. The van der Waals surface area contributed by atoms with E-state index in [4.69, 9.17) is 16.0 Å². The third-order valence-electron chi connectivity index (χ3n) is 2.97. The monoisotopic (exact) mass is 290 g/mol. The van der Waals surface area contributed by atoms with Crippen LogP contribution < -0.4 is 0 Å². The number of hydrogen-bond acceptors (Lipinski definition) is 3. The first-order valence-electron chi connectivity index (χ1n) is 6.00. The number of hydrogen-bond donors (Lipinski definition) is 0. The molecule has 0 saturated heterocycles. The van der Waals surface area contributed by atoms with Crippen LogP contribution in [0.3, 0.4) is 0 Å². The molecule has 3 rings (SSSR count). The van der Waals surface area contributed by atoms with E-state index < -0.39 is 0 Å². The van der Waals surface area contributed by atoms with Gasteiger partial charge < -0.3 is 4.42 Å². The van der Waals surface area contributed by atoms with Crippen LogP contribution in [0.5, 0.6) is 0 Å². The zero-order chi connectivity index (χ0) is 13.4. The second-order valence-electron chi connectivity index (χ2n) is 4.21. The van der Waals surface area contributed by atoms with Gasteiger partial charge in [0.1, 0.15) is 5.58 Å². The molecule has 19 heavy (non-hydrogen) atoms. The Hall–Kier alpha value is -1.58. The SMILES string of the molecule is CCc1ccc(C(=O)c2cc3c(Cl)cccc3o2)s1. The van der Waals surface area contributed by atoms with Gasteiger partial charge in [-0.3, -0.25) is 4.79 Å². The minimum Gasteiger partial charge on any atom is -0.452 e. The van der Waals surface area contributed by atoms with Crippen LogP contribution in [0.25, 0.3) is 11.0 Å². The van der Waals surface area contributed by atoms with E-state index in [2.05, 4.69) is 6.92 Å². The van der Waals surface area contributed by atoms with Crippen molar-refractivity contribution < 1.29 is 9.21 Å². The Morgan fingerprint density at radius 3 is 2.84 bits per heavy atom. The Bertz CT molecular complexity index is 754. The van der Waals surface area contributed by atoms with Gasteiger partial charge in [0.25, 0.3) is 0 Å². The molecule has 0 aliphatic rings. The fourth-order valence-corrected chi connectivity index (χ4v) is 3.06. The van der Waals surface area contributed by atoms with E-state index in [-0.39, 0.29) is 5.78 Å². The molecule has 2 nitrogen and oxygen atoms in total. The number of carbonyl (C=O) groups excluding carboxylic acids is 1. The lowest BCUT2D eigenvalue weighted by Gasteiger charge is -1.91. The Balaban J connectivity index is 2.04. The van der Waals surface area contributed by atoms with E-state index in [1.165, 1.54) is 16.2 Å². The Kier molecular flexibility index (Phi) is 3.17. The number of fused-ring (bicyclic) bond motifs is 1. The van der Waals surface area contributed by atoms with Gasteiger partial charge in [-0.25, -0.2) is 0 Å². The maximum Gasteiger partial charge on any atom is 0.238 e. The third kappa shape index (κ3) is 2.20. The van der Waals surface area contributed by atoms with Crippen LogP contribution >= 0.6 is 22.9 Å². The fourth-order valence-electron chi connectivity index (χ4n) is 1.95. The van der Waals surface area contributed by atoms with Crippen molar-refractivity contribution in [1.82, 2.24) is 0 Å². The molecule has 3 aromatic rings. The van der Waals surface area contributed by atoms with Crippen LogP contribution in [0.1, 0.15) is 27.2 Å². The van der Waals surface area contributed by atoms with Crippen molar-refractivity contribution >= 4 is 39.7 Å². The number of furan rings is 1. The molecule has 1 aromatic carbocycles. The maximum absolute atomic E-state index is 12.3. The maximum atomic E-state index is 12.3. The van der Waals surface area contributed by atoms with Crippen molar-refractivity contribution in [2.75, 3.05) is 0 Å². The molecule has 0 unspecified atom stereocenters. The molecule has 2 aromatic heterocycles. The Morgan fingerprint density at radius 1 is 1.32 bits per heavy atom. The Morgan fingerprint density at radius 2 is 2.16 bits per heavy atom. The predicted octanol–water partition coefficient (Wildman–Crippen LogP) is 4.94. The lowest BCUT2D eigenvalue weighted by Crippen LogP contribution is -1.95. The number of halogens is 1. The first-order chi connectivity index (χ1) is 9.19. The highest BCUT2D eigenvalue weighted by molar-refractivity contribution is 7.14. The molecule has 0 spiro atoms. The van der Waals surface area contributed by atoms with Gasteiger partial charge in [0.2, 0.25) is 5.78 Å². The van der Waals surface area contributed by atoms with Crippen molar-refractivity contribution in [2.45, 2.75) is 13.3 Å². The van der Waals surface area contributed by atoms with Gasteiger partial charge in [-0.2, -0.15) is 0 Å². The largest absolute Gasteiger partial charge is 0.452 e. The highest BCUT2D eigenvalue weighted by Crippen LogP contribution is 2.29. The van der Waals surface area contributed by atoms with Crippen LogP contribution in [0.15, 0.2) is 40.8 Å². The third-order valence-corrected chi connectivity index (χ3v) is 4.52. The van der Waals surface area contributed by atoms with Gasteiger partial charge >= 0.3 is 0 Å². The summed E-state index contributed by atoms with van der Waals surface area (Å²) in [4.78, 5) is 14.2. The molecule has 0 amide bonds. The molecule has 0 aliphatic carbocycles. The van der Waals surface area contributed by atoms with Crippen molar-refractivity contribution in [1.29, 1.82) is 0 Å². The molecule has 2 heterocycles. The number of rotatable bonds is 3. The van der Waals surface area contributed by atoms with E-state index >= 15 is 0 Å². The van der Waals surface area contributed by atoms with Gasteiger partial charge in [-0.1, -0.05) is 24.6 Å². The quantitative estimate of drug-likeness (QED) is 0.640. The average Bonchev–Trinajstić information content (AvgIpc) is 3.05. The zero-order valence-electron chi connectivity index (χ0n) is 10.3. The average molecular weight is 291 g/mol. The van der Waals surface area contributed by atoms with E-state index in [0.29, 0.717) is 21.2 Å². The van der Waals surface area contributed by atoms with Crippen LogP contribution in [-0.2, 0) is 6.42 Å². The second kappa shape index (κ2) is 4.83. The Labute approximate surface area is 119 Å². The number of aryl methyl sites for hydroxylation is 1. The summed E-state index contributed by atoms with van der Waals surface area (Å²) in [5, 5.41) is 1.38. The number of carbonyl (C=O) groups is 1. The van der Waals surface area contributed by atoms with E-state index in [9.17, 15) is 4.79 Å². The molecule has 0 fully saturated rings. The molecular formula is C15H11ClO2S. The normalized spacial score (nSPS) is 11.1. The summed E-state index contributed by atoms with van der Waals surface area (Å²) in [6.07, 6.45) is 0.934. The van der Waals surface area contributed by atoms with Gasteiger partial charge in [0.15, 0.2) is 5.76 Å². The molecular weight excluding hydrogens is 280 g/mol. The van der Waals surface area contributed by atoms with Gasteiger partial charge in [-0.05, 0) is 36.8 Å². The molecule has 96 valence electrons. The lowest BCUT2D eigenvalue weighted by molar-refractivity contribution is 0.101. The van der Waals surface area contributed by atoms with Crippen LogP contribution in [0, 0.1) is 0 Å². The van der Waals surface area contributed by atoms with E-state index in [1.807, 2.05) is 24.3 Å². The van der Waals surface area contributed by atoms with Crippen molar-refractivity contribution in [3.05, 3.63) is 56.9 Å². The lowest BCUT2D eigenvalue weighted by atomic mass is 10.2. The van der Waals surface area contributed by atoms with Crippen LogP contribution in [-0.4, -0.2) is 5.78 Å². The zero-order valence-corrected chi connectivity index (χ0v) is 11.8. The number of thiophene rings is 1. The van der Waals surface area contributed by atoms with E-state index in [1.54, 1.807) is 12.1 Å². The summed E-state index contributed by atoms with van der Waals surface area (Å²) in [6.45, 7) is 2.07. The van der Waals surface area contributed by atoms with Crippen molar-refractivity contribution in [3.8, 4) is 0 Å². The summed E-state index contributed by atoms with van der Waals surface area (Å²) in [7, 11) is 0.